The first-order chi connectivity index (χ1) is 7.06. The lowest BCUT2D eigenvalue weighted by molar-refractivity contribution is 0.447. The molecule has 0 amide bonds. The van der Waals surface area contributed by atoms with E-state index in [0.717, 1.165) is 18.3 Å². The summed E-state index contributed by atoms with van der Waals surface area (Å²) in [4.78, 5) is 0. The van der Waals surface area contributed by atoms with E-state index in [2.05, 4.69) is 32.8 Å². The highest BCUT2D eigenvalue weighted by molar-refractivity contribution is 6.67. The largest absolute Gasteiger partial charge is 0.172 e. The maximum absolute atomic E-state index is 2.56. The molecule has 0 radical (unpaired) electrons. The summed E-state index contributed by atoms with van der Waals surface area (Å²) in [6.45, 7) is 7.85. The lowest BCUT2D eigenvalue weighted by Gasteiger charge is -2.39. The quantitative estimate of drug-likeness (QED) is 0.541. The average Bonchev–Trinajstić information content (AvgIpc) is 2.12. The van der Waals surface area contributed by atoms with Crippen molar-refractivity contribution >= 4 is 6.71 Å². The Bertz CT molecular complexity index is 214. The van der Waals surface area contributed by atoms with Gasteiger partial charge in [0.05, 0.1) is 0 Å². The molecule has 2 bridgehead atoms. The van der Waals surface area contributed by atoms with E-state index in [9.17, 15) is 0 Å². The van der Waals surface area contributed by atoms with E-state index in [4.69, 9.17) is 0 Å². The van der Waals surface area contributed by atoms with E-state index in [1.54, 1.807) is 0 Å². The maximum Gasteiger partial charge on any atom is 0.172 e. The van der Waals surface area contributed by atoms with E-state index in [1.165, 1.54) is 38.5 Å². The summed E-state index contributed by atoms with van der Waals surface area (Å²) < 4.78 is 0. The van der Waals surface area contributed by atoms with Crippen LogP contribution in [0.4, 0.5) is 0 Å². The predicted molar refractivity (Wildman–Crippen MR) is 69.6 cm³/mol. The van der Waals surface area contributed by atoms with E-state index in [0.29, 0.717) is 5.41 Å². The fraction of sp³-hybridized carbons (Fsp3) is 0.857. The van der Waals surface area contributed by atoms with Crippen molar-refractivity contribution in [2.75, 3.05) is 0 Å². The third-order valence-electron chi connectivity index (χ3n) is 4.21. The van der Waals surface area contributed by atoms with Crippen molar-refractivity contribution in [1.29, 1.82) is 0 Å². The molecule has 2 saturated heterocycles. The van der Waals surface area contributed by atoms with Crippen LogP contribution in [0.1, 0.15) is 59.3 Å². The van der Waals surface area contributed by atoms with Crippen LogP contribution >= 0.6 is 0 Å². The second-order valence-corrected chi connectivity index (χ2v) is 6.68. The number of hydrogen-bond acceptors (Lipinski definition) is 0. The van der Waals surface area contributed by atoms with E-state index in [-0.39, 0.29) is 0 Å². The van der Waals surface area contributed by atoms with Crippen LogP contribution in [0.25, 0.3) is 0 Å². The first-order valence-electron chi connectivity index (χ1n) is 6.76. The van der Waals surface area contributed by atoms with Crippen LogP contribution in [-0.4, -0.2) is 6.71 Å². The van der Waals surface area contributed by atoms with Gasteiger partial charge < -0.3 is 0 Å². The van der Waals surface area contributed by atoms with Gasteiger partial charge in [0.2, 0.25) is 0 Å². The molecule has 2 rings (SSSR count). The van der Waals surface area contributed by atoms with Gasteiger partial charge in [0.1, 0.15) is 0 Å². The Morgan fingerprint density at radius 1 is 0.933 bits per heavy atom. The van der Waals surface area contributed by atoms with Gasteiger partial charge in [-0.15, -0.1) is 5.98 Å². The topological polar surface area (TPSA) is 0 Å². The molecule has 0 N–H and O–H groups in total. The monoisotopic (exact) mass is 204 g/mol. The number of allylic oxidation sites excluding steroid dienone is 1. The second-order valence-electron chi connectivity index (χ2n) is 6.68. The van der Waals surface area contributed by atoms with Crippen LogP contribution in [-0.2, 0) is 0 Å². The molecule has 0 aromatic heterocycles. The Hall–Kier alpha value is -0.195. The zero-order chi connectivity index (χ0) is 10.9. The predicted octanol–water partition coefficient (Wildman–Crippen LogP) is 4.73. The molecule has 2 heterocycles. The zero-order valence-corrected chi connectivity index (χ0v) is 10.6. The number of hydrogen-bond donors (Lipinski definition) is 0. The highest BCUT2D eigenvalue weighted by Gasteiger charge is 2.37. The third-order valence-corrected chi connectivity index (χ3v) is 4.21. The van der Waals surface area contributed by atoms with Crippen LogP contribution in [0, 0.1) is 5.41 Å². The lowest BCUT2D eigenvalue weighted by atomic mass is 9.27. The second kappa shape index (κ2) is 4.35. The molecule has 0 spiro atoms. The van der Waals surface area contributed by atoms with Crippen molar-refractivity contribution in [3.05, 3.63) is 12.1 Å². The van der Waals surface area contributed by atoms with Gasteiger partial charge in [-0.1, -0.05) is 77.0 Å². The molecule has 2 aliphatic heterocycles. The molecule has 0 saturated carbocycles. The minimum Gasteiger partial charge on any atom is -0.118 e. The SMILES string of the molecule is CC(C)(C)/C=C/B1C2CCCC1CCC2. The summed E-state index contributed by atoms with van der Waals surface area (Å²) in [6, 6.07) is 0. The van der Waals surface area contributed by atoms with Crippen molar-refractivity contribution < 1.29 is 0 Å². The van der Waals surface area contributed by atoms with Gasteiger partial charge in [0, 0.05) is 0 Å². The average molecular weight is 204 g/mol. The molecule has 0 unspecified atom stereocenters. The highest BCUT2D eigenvalue weighted by Crippen LogP contribution is 2.46. The van der Waals surface area contributed by atoms with Crippen LogP contribution < -0.4 is 0 Å². The van der Waals surface area contributed by atoms with Gasteiger partial charge >= 0.3 is 0 Å². The Labute approximate surface area is 95.6 Å². The van der Waals surface area contributed by atoms with Crippen molar-refractivity contribution in [2.24, 2.45) is 5.41 Å². The van der Waals surface area contributed by atoms with E-state index >= 15 is 0 Å². The van der Waals surface area contributed by atoms with Crippen LogP contribution in [0.5, 0.6) is 0 Å². The summed E-state index contributed by atoms with van der Waals surface area (Å²) in [5.41, 5.74) is 0.367. The molecule has 1 heteroatoms. The molecule has 2 fully saturated rings. The minimum absolute atomic E-state index is 0.367. The normalized spacial score (nSPS) is 32.3. The fourth-order valence-corrected chi connectivity index (χ4v) is 3.44. The van der Waals surface area contributed by atoms with Crippen LogP contribution in [0.2, 0.25) is 11.6 Å². The Balaban J connectivity index is 2.04. The molecule has 0 atom stereocenters. The smallest absolute Gasteiger partial charge is 0.118 e. The van der Waals surface area contributed by atoms with E-state index < -0.39 is 0 Å². The molecule has 0 aromatic carbocycles. The Morgan fingerprint density at radius 3 is 1.80 bits per heavy atom. The highest BCUT2D eigenvalue weighted by atomic mass is 14.2. The summed E-state index contributed by atoms with van der Waals surface area (Å²) in [6.07, 6.45) is 11.4. The first-order valence-corrected chi connectivity index (χ1v) is 6.76. The van der Waals surface area contributed by atoms with Gasteiger partial charge in [0.25, 0.3) is 0 Å². The number of rotatable bonds is 1. The summed E-state index contributed by atoms with van der Waals surface area (Å²) >= 11 is 0. The molecular weight excluding hydrogens is 179 g/mol. The molecule has 0 nitrogen and oxygen atoms in total. The van der Waals surface area contributed by atoms with Gasteiger partial charge in [-0.25, -0.2) is 0 Å². The lowest BCUT2D eigenvalue weighted by Crippen LogP contribution is -2.33. The van der Waals surface area contributed by atoms with Gasteiger partial charge in [0.15, 0.2) is 6.71 Å². The van der Waals surface area contributed by atoms with Crippen molar-refractivity contribution in [1.82, 2.24) is 0 Å². The van der Waals surface area contributed by atoms with Crippen LogP contribution in [0.15, 0.2) is 12.1 Å². The maximum atomic E-state index is 2.56. The molecular formula is C14H25B. The summed E-state index contributed by atoms with van der Waals surface area (Å²) in [7, 11) is 0. The molecule has 0 aromatic rings. The molecule has 15 heavy (non-hydrogen) atoms. The van der Waals surface area contributed by atoms with Crippen LogP contribution in [0.3, 0.4) is 0 Å². The Kier molecular flexibility index (Phi) is 3.28. The molecule has 84 valence electrons. The standard InChI is InChI=1S/C14H25B/c1-14(2,3)10-11-15-12-6-4-7-13(15)9-5-8-12/h10-13H,4-9H2,1-3H3/b11-10+. The minimum atomic E-state index is 0.367. The van der Waals surface area contributed by atoms with Crippen molar-refractivity contribution in [3.63, 3.8) is 0 Å². The molecule has 2 aliphatic rings. The zero-order valence-electron chi connectivity index (χ0n) is 10.6. The first kappa shape index (κ1) is 11.3. The van der Waals surface area contributed by atoms with Gasteiger partial charge in [-0.05, 0) is 5.41 Å². The van der Waals surface area contributed by atoms with Crippen molar-refractivity contribution in [2.45, 2.75) is 70.9 Å². The van der Waals surface area contributed by atoms with E-state index in [1.807, 2.05) is 0 Å². The fourth-order valence-electron chi connectivity index (χ4n) is 3.44. The van der Waals surface area contributed by atoms with Crippen molar-refractivity contribution in [3.8, 4) is 0 Å². The third kappa shape index (κ3) is 2.89. The number of fused-ring (bicyclic) bond motifs is 2. The summed E-state index contributed by atoms with van der Waals surface area (Å²) in [5, 5.41) is 0. The van der Waals surface area contributed by atoms with Gasteiger partial charge in [-0.2, -0.15) is 0 Å². The summed E-state index contributed by atoms with van der Waals surface area (Å²) in [5.74, 6) is 4.61. The Morgan fingerprint density at radius 2 is 1.40 bits per heavy atom. The molecule has 0 aliphatic carbocycles. The van der Waals surface area contributed by atoms with Gasteiger partial charge in [-0.3, -0.25) is 0 Å².